The van der Waals surface area contributed by atoms with Gasteiger partial charge in [-0.3, -0.25) is 0 Å². The molecule has 0 aliphatic carbocycles. The molecule has 0 aliphatic rings. The van der Waals surface area contributed by atoms with Gasteiger partial charge in [-0.25, -0.2) is 4.39 Å². The van der Waals surface area contributed by atoms with Gasteiger partial charge in [-0.05, 0) is 36.7 Å². The van der Waals surface area contributed by atoms with E-state index in [2.05, 4.69) is 9.69 Å². The van der Waals surface area contributed by atoms with Crippen molar-refractivity contribution in [1.82, 2.24) is 4.37 Å². The van der Waals surface area contributed by atoms with E-state index in [4.69, 9.17) is 16.9 Å². The molecule has 1 aromatic carbocycles. The van der Waals surface area contributed by atoms with E-state index in [0.29, 0.717) is 21.3 Å². The first-order chi connectivity index (χ1) is 8.11. The molecule has 86 valence electrons. The molecule has 0 radical (unpaired) electrons. The van der Waals surface area contributed by atoms with Crippen LogP contribution in [0.2, 0.25) is 5.02 Å². The van der Waals surface area contributed by atoms with Gasteiger partial charge in [-0.15, -0.1) is 0 Å². The lowest BCUT2D eigenvalue weighted by molar-refractivity contribution is 0.632. The topological polar surface area (TPSA) is 48.7 Å². The zero-order chi connectivity index (χ0) is 12.4. The second-order valence-corrected chi connectivity index (χ2v) is 4.54. The second-order valence-electron chi connectivity index (χ2n) is 3.33. The van der Waals surface area contributed by atoms with E-state index in [-0.39, 0.29) is 5.69 Å². The van der Waals surface area contributed by atoms with Crippen molar-refractivity contribution in [1.29, 1.82) is 5.26 Å². The normalized spacial score (nSPS) is 10.0. The van der Waals surface area contributed by atoms with E-state index in [1.807, 2.05) is 6.07 Å². The minimum absolute atomic E-state index is 0.273. The van der Waals surface area contributed by atoms with Gasteiger partial charge < -0.3 is 5.32 Å². The summed E-state index contributed by atoms with van der Waals surface area (Å²) in [6, 6.07) is 6.34. The van der Waals surface area contributed by atoms with Crippen LogP contribution in [0.25, 0.3) is 0 Å². The molecule has 6 heteroatoms. The lowest BCUT2D eigenvalue weighted by Gasteiger charge is -2.05. The summed E-state index contributed by atoms with van der Waals surface area (Å²) < 4.78 is 17.6. The molecule has 17 heavy (non-hydrogen) atoms. The van der Waals surface area contributed by atoms with Crippen molar-refractivity contribution in [3.8, 4) is 6.07 Å². The maximum atomic E-state index is 13.5. The number of nitrogens with one attached hydrogen (secondary N) is 1. The highest BCUT2D eigenvalue weighted by atomic mass is 35.5. The molecule has 0 saturated heterocycles. The van der Waals surface area contributed by atoms with Crippen LogP contribution in [0.15, 0.2) is 18.2 Å². The molecule has 1 N–H and O–H groups in total. The number of aryl methyl sites for hydroxylation is 1. The molecule has 1 aromatic heterocycles. The number of benzene rings is 1. The molecular weight excluding hydrogens is 261 g/mol. The summed E-state index contributed by atoms with van der Waals surface area (Å²) in [6.07, 6.45) is 0. The molecule has 3 nitrogen and oxygen atoms in total. The lowest BCUT2D eigenvalue weighted by atomic mass is 10.2. The van der Waals surface area contributed by atoms with Crippen LogP contribution in [0, 0.1) is 24.1 Å². The van der Waals surface area contributed by atoms with Gasteiger partial charge in [0.25, 0.3) is 0 Å². The Hall–Kier alpha value is -1.64. The van der Waals surface area contributed by atoms with Crippen molar-refractivity contribution in [3.05, 3.63) is 40.3 Å². The van der Waals surface area contributed by atoms with Crippen LogP contribution in [-0.2, 0) is 0 Å². The molecule has 1 heterocycles. The van der Waals surface area contributed by atoms with Crippen molar-refractivity contribution < 1.29 is 4.39 Å². The van der Waals surface area contributed by atoms with Crippen LogP contribution in [0.4, 0.5) is 15.1 Å². The number of aromatic nitrogens is 1. The van der Waals surface area contributed by atoms with E-state index >= 15 is 0 Å². The standard InChI is InChI=1S/C11H7ClFN3S/c1-6-8(5-14)11(17-16-6)15-10-3-2-7(12)4-9(10)13/h2-4,15H,1H3. The number of halogens is 2. The third kappa shape index (κ3) is 2.38. The molecular formula is C11H7ClFN3S. The summed E-state index contributed by atoms with van der Waals surface area (Å²) in [4.78, 5) is 0. The fourth-order valence-corrected chi connectivity index (χ4v) is 2.22. The summed E-state index contributed by atoms with van der Waals surface area (Å²) in [5, 5.41) is 12.6. The van der Waals surface area contributed by atoms with E-state index < -0.39 is 5.82 Å². The third-order valence-electron chi connectivity index (χ3n) is 2.15. The number of nitrogens with zero attached hydrogens (tertiary/aromatic N) is 2. The van der Waals surface area contributed by atoms with Crippen LogP contribution in [0.1, 0.15) is 11.3 Å². The number of hydrogen-bond donors (Lipinski definition) is 1. The van der Waals surface area contributed by atoms with Gasteiger partial charge in [0.1, 0.15) is 22.5 Å². The molecule has 0 atom stereocenters. The Morgan fingerprint density at radius 1 is 1.53 bits per heavy atom. The van der Waals surface area contributed by atoms with Crippen molar-refractivity contribution in [3.63, 3.8) is 0 Å². The molecule has 0 saturated carbocycles. The molecule has 2 rings (SSSR count). The van der Waals surface area contributed by atoms with Crippen LogP contribution in [0.3, 0.4) is 0 Å². The Labute approximate surface area is 107 Å². The fraction of sp³-hybridized carbons (Fsp3) is 0.0909. The molecule has 0 unspecified atom stereocenters. The Balaban J connectivity index is 2.35. The van der Waals surface area contributed by atoms with E-state index in [0.717, 1.165) is 11.5 Å². The molecule has 0 aliphatic heterocycles. The minimum Gasteiger partial charge on any atom is -0.342 e. The fourth-order valence-electron chi connectivity index (χ4n) is 1.30. The predicted molar refractivity (Wildman–Crippen MR) is 66.3 cm³/mol. The number of hydrogen-bond acceptors (Lipinski definition) is 4. The van der Waals surface area contributed by atoms with Gasteiger partial charge in [-0.1, -0.05) is 11.6 Å². The summed E-state index contributed by atoms with van der Waals surface area (Å²) in [5.74, 6) is -0.465. The highest BCUT2D eigenvalue weighted by Crippen LogP contribution is 2.29. The first-order valence-electron chi connectivity index (χ1n) is 4.70. The average molecular weight is 268 g/mol. The van der Waals surface area contributed by atoms with Gasteiger partial charge in [0.2, 0.25) is 0 Å². The number of nitriles is 1. The van der Waals surface area contributed by atoms with Crippen LogP contribution < -0.4 is 5.32 Å². The molecule has 2 aromatic rings. The monoisotopic (exact) mass is 267 g/mol. The third-order valence-corrected chi connectivity index (χ3v) is 3.24. The Morgan fingerprint density at radius 2 is 2.29 bits per heavy atom. The second kappa shape index (κ2) is 4.70. The van der Waals surface area contributed by atoms with Crippen molar-refractivity contribution in [2.24, 2.45) is 0 Å². The zero-order valence-corrected chi connectivity index (χ0v) is 10.4. The molecule has 0 spiro atoms. The first kappa shape index (κ1) is 11.8. The average Bonchev–Trinajstić information content (AvgIpc) is 2.63. The van der Waals surface area contributed by atoms with Crippen molar-refractivity contribution >= 4 is 33.8 Å². The van der Waals surface area contributed by atoms with Gasteiger partial charge in [0.05, 0.1) is 11.4 Å². The van der Waals surface area contributed by atoms with Crippen LogP contribution in [0.5, 0.6) is 0 Å². The van der Waals surface area contributed by atoms with Gasteiger partial charge in [0.15, 0.2) is 0 Å². The van der Waals surface area contributed by atoms with E-state index in [9.17, 15) is 4.39 Å². The molecule has 0 amide bonds. The minimum atomic E-state index is -0.465. The van der Waals surface area contributed by atoms with Gasteiger partial charge >= 0.3 is 0 Å². The van der Waals surface area contributed by atoms with Crippen LogP contribution >= 0.6 is 23.1 Å². The summed E-state index contributed by atoms with van der Waals surface area (Å²) in [6.45, 7) is 1.73. The zero-order valence-electron chi connectivity index (χ0n) is 8.79. The summed E-state index contributed by atoms with van der Waals surface area (Å²) in [7, 11) is 0. The van der Waals surface area contributed by atoms with E-state index in [1.165, 1.54) is 12.1 Å². The largest absolute Gasteiger partial charge is 0.342 e. The Bertz CT molecular complexity index is 603. The number of anilines is 2. The van der Waals surface area contributed by atoms with Crippen molar-refractivity contribution in [2.75, 3.05) is 5.32 Å². The van der Waals surface area contributed by atoms with Crippen molar-refractivity contribution in [2.45, 2.75) is 6.92 Å². The Morgan fingerprint density at radius 3 is 2.94 bits per heavy atom. The molecule has 0 bridgehead atoms. The smallest absolute Gasteiger partial charge is 0.148 e. The maximum Gasteiger partial charge on any atom is 0.148 e. The highest BCUT2D eigenvalue weighted by molar-refractivity contribution is 7.10. The number of rotatable bonds is 2. The van der Waals surface area contributed by atoms with Crippen LogP contribution in [-0.4, -0.2) is 4.37 Å². The van der Waals surface area contributed by atoms with Gasteiger partial charge in [-0.2, -0.15) is 9.64 Å². The van der Waals surface area contributed by atoms with Gasteiger partial charge in [0, 0.05) is 5.02 Å². The lowest BCUT2D eigenvalue weighted by Crippen LogP contribution is -1.93. The highest BCUT2D eigenvalue weighted by Gasteiger charge is 2.12. The molecule has 0 fully saturated rings. The quantitative estimate of drug-likeness (QED) is 0.899. The SMILES string of the molecule is Cc1nsc(Nc2ccc(Cl)cc2F)c1C#N. The Kier molecular flexibility index (Phi) is 3.27. The van der Waals surface area contributed by atoms with E-state index in [1.54, 1.807) is 13.0 Å². The predicted octanol–water partition coefficient (Wildman–Crippen LogP) is 3.86. The first-order valence-corrected chi connectivity index (χ1v) is 5.85. The summed E-state index contributed by atoms with van der Waals surface area (Å²) in [5.41, 5.74) is 1.34. The summed E-state index contributed by atoms with van der Waals surface area (Å²) >= 11 is 6.78. The maximum absolute atomic E-state index is 13.5.